The van der Waals surface area contributed by atoms with Crippen molar-refractivity contribution in [1.82, 2.24) is 0 Å². The van der Waals surface area contributed by atoms with E-state index in [-0.39, 0.29) is 6.61 Å². The Labute approximate surface area is 74.2 Å². The van der Waals surface area contributed by atoms with E-state index in [4.69, 9.17) is 10.2 Å². The highest BCUT2D eigenvalue weighted by atomic mass is 16.3. The molecule has 0 fully saturated rings. The van der Waals surface area contributed by atoms with Gasteiger partial charge in [0.15, 0.2) is 0 Å². The van der Waals surface area contributed by atoms with Gasteiger partial charge in [-0.3, -0.25) is 0 Å². The smallest absolute Gasteiger partial charge is 0.0805 e. The summed E-state index contributed by atoms with van der Waals surface area (Å²) in [5, 5.41) is 17.4. The molecule has 0 radical (unpaired) electrons. The number of aliphatic hydroxyl groups is 2. The minimum atomic E-state index is -0.601. The highest BCUT2D eigenvalue weighted by Gasteiger charge is 1.95. The minimum Gasteiger partial charge on any atom is -0.394 e. The maximum Gasteiger partial charge on any atom is 0.0805 e. The zero-order valence-electron chi connectivity index (χ0n) is 7.61. The van der Waals surface area contributed by atoms with Gasteiger partial charge in [-0.2, -0.15) is 0 Å². The van der Waals surface area contributed by atoms with Crippen LogP contribution in [0.15, 0.2) is 24.3 Å². The van der Waals surface area contributed by atoms with E-state index in [1.54, 1.807) is 0 Å². The van der Waals surface area contributed by atoms with Crippen LogP contribution in [0.1, 0.15) is 26.2 Å². The summed E-state index contributed by atoms with van der Waals surface area (Å²) in [6, 6.07) is 0. The molecular weight excluding hydrogens is 152 g/mol. The molecule has 0 aliphatic heterocycles. The third-order valence-corrected chi connectivity index (χ3v) is 1.46. The largest absolute Gasteiger partial charge is 0.394 e. The second kappa shape index (κ2) is 8.50. The Morgan fingerprint density at radius 1 is 1.17 bits per heavy atom. The van der Waals surface area contributed by atoms with Crippen LogP contribution in [0.3, 0.4) is 0 Å². The van der Waals surface area contributed by atoms with Crippen molar-refractivity contribution in [2.45, 2.75) is 32.3 Å². The van der Waals surface area contributed by atoms with Gasteiger partial charge in [-0.1, -0.05) is 31.2 Å². The first-order valence-corrected chi connectivity index (χ1v) is 4.40. The van der Waals surface area contributed by atoms with Gasteiger partial charge in [0.2, 0.25) is 0 Å². The van der Waals surface area contributed by atoms with E-state index in [1.165, 1.54) is 0 Å². The van der Waals surface area contributed by atoms with Crippen LogP contribution >= 0.6 is 0 Å². The van der Waals surface area contributed by atoms with Crippen molar-refractivity contribution in [3.63, 3.8) is 0 Å². The topological polar surface area (TPSA) is 40.5 Å². The average Bonchev–Trinajstić information content (AvgIpc) is 2.10. The zero-order valence-corrected chi connectivity index (χ0v) is 7.61. The molecule has 0 unspecified atom stereocenters. The van der Waals surface area contributed by atoms with Crippen LogP contribution in [-0.2, 0) is 0 Å². The molecule has 12 heavy (non-hydrogen) atoms. The molecular formula is C10H18O2. The lowest BCUT2D eigenvalue weighted by Gasteiger charge is -2.00. The Hall–Kier alpha value is -0.600. The first-order valence-electron chi connectivity index (χ1n) is 4.40. The molecule has 0 rings (SSSR count). The van der Waals surface area contributed by atoms with Gasteiger partial charge in [-0.05, 0) is 19.3 Å². The van der Waals surface area contributed by atoms with Crippen molar-refractivity contribution in [2.24, 2.45) is 0 Å². The number of hydrogen-bond acceptors (Lipinski definition) is 2. The summed E-state index contributed by atoms with van der Waals surface area (Å²) in [6.07, 6.45) is 9.98. The van der Waals surface area contributed by atoms with Crippen molar-refractivity contribution in [2.75, 3.05) is 6.61 Å². The molecule has 0 aliphatic rings. The van der Waals surface area contributed by atoms with E-state index in [0.29, 0.717) is 6.42 Å². The molecule has 0 spiro atoms. The Kier molecular flexibility index (Phi) is 8.07. The fourth-order valence-corrected chi connectivity index (χ4v) is 0.766. The van der Waals surface area contributed by atoms with E-state index in [0.717, 1.165) is 12.8 Å². The number of allylic oxidation sites excluding steroid dienone is 3. The lowest BCUT2D eigenvalue weighted by atomic mass is 10.2. The minimum absolute atomic E-state index is 0.158. The summed E-state index contributed by atoms with van der Waals surface area (Å²) in [5.41, 5.74) is 0. The van der Waals surface area contributed by atoms with Gasteiger partial charge in [0, 0.05) is 0 Å². The summed E-state index contributed by atoms with van der Waals surface area (Å²) in [5.74, 6) is 0. The molecule has 70 valence electrons. The van der Waals surface area contributed by atoms with Gasteiger partial charge in [-0.25, -0.2) is 0 Å². The highest BCUT2D eigenvalue weighted by molar-refractivity contribution is 4.93. The molecule has 0 heterocycles. The summed E-state index contributed by atoms with van der Waals surface area (Å²) in [4.78, 5) is 0. The maximum absolute atomic E-state index is 8.94. The predicted octanol–water partition coefficient (Wildman–Crippen LogP) is 1.64. The Morgan fingerprint density at radius 3 is 2.42 bits per heavy atom. The van der Waals surface area contributed by atoms with Crippen LogP contribution in [-0.4, -0.2) is 22.9 Å². The van der Waals surface area contributed by atoms with Crippen molar-refractivity contribution in [3.8, 4) is 0 Å². The Balaban J connectivity index is 3.31. The van der Waals surface area contributed by atoms with Crippen LogP contribution in [0.5, 0.6) is 0 Å². The fraction of sp³-hybridized carbons (Fsp3) is 0.600. The normalized spacial score (nSPS) is 14.6. The van der Waals surface area contributed by atoms with Crippen LogP contribution in [0.2, 0.25) is 0 Å². The zero-order chi connectivity index (χ0) is 9.23. The summed E-state index contributed by atoms with van der Waals surface area (Å²) in [6.45, 7) is 1.94. The molecule has 0 amide bonds. The van der Waals surface area contributed by atoms with E-state index >= 15 is 0 Å². The lowest BCUT2D eigenvalue weighted by molar-refractivity contribution is 0.0975. The molecule has 2 nitrogen and oxygen atoms in total. The van der Waals surface area contributed by atoms with Gasteiger partial charge in [0.25, 0.3) is 0 Å². The Bertz CT molecular complexity index is 139. The standard InChI is InChI=1S/C10H18O2/c1-2-3-4-5-6-7-8-10(12)9-11/h3-4,6-7,10-12H,2,5,8-9H2,1H3/b4-3-,7-6-/t10-/m0/s1. The summed E-state index contributed by atoms with van der Waals surface area (Å²) >= 11 is 0. The Morgan fingerprint density at radius 2 is 1.83 bits per heavy atom. The van der Waals surface area contributed by atoms with Gasteiger partial charge in [-0.15, -0.1) is 0 Å². The summed E-state index contributed by atoms with van der Waals surface area (Å²) in [7, 11) is 0. The molecule has 0 aliphatic carbocycles. The molecule has 0 aromatic heterocycles. The van der Waals surface area contributed by atoms with Crippen LogP contribution in [0.25, 0.3) is 0 Å². The third kappa shape index (κ3) is 7.51. The van der Waals surface area contributed by atoms with Gasteiger partial charge in [0.1, 0.15) is 0 Å². The summed E-state index contributed by atoms with van der Waals surface area (Å²) < 4.78 is 0. The van der Waals surface area contributed by atoms with E-state index in [9.17, 15) is 0 Å². The second-order valence-electron chi connectivity index (χ2n) is 2.66. The van der Waals surface area contributed by atoms with Gasteiger partial charge >= 0.3 is 0 Å². The second-order valence-corrected chi connectivity index (χ2v) is 2.66. The molecule has 0 saturated heterocycles. The fourth-order valence-electron chi connectivity index (χ4n) is 0.766. The quantitative estimate of drug-likeness (QED) is 0.595. The average molecular weight is 170 g/mol. The van der Waals surface area contributed by atoms with Gasteiger partial charge < -0.3 is 10.2 Å². The van der Waals surface area contributed by atoms with Crippen LogP contribution < -0.4 is 0 Å². The highest BCUT2D eigenvalue weighted by Crippen LogP contribution is 1.94. The van der Waals surface area contributed by atoms with Crippen molar-refractivity contribution >= 4 is 0 Å². The molecule has 0 bridgehead atoms. The maximum atomic E-state index is 8.94. The SMILES string of the molecule is CC/C=C\C/C=C\C[C@H](O)CO. The number of hydrogen-bond donors (Lipinski definition) is 2. The molecule has 0 aromatic rings. The first kappa shape index (κ1) is 11.4. The van der Waals surface area contributed by atoms with Crippen molar-refractivity contribution in [1.29, 1.82) is 0 Å². The van der Waals surface area contributed by atoms with E-state index in [2.05, 4.69) is 19.1 Å². The van der Waals surface area contributed by atoms with Crippen LogP contribution in [0, 0.1) is 0 Å². The molecule has 0 aromatic carbocycles. The van der Waals surface area contributed by atoms with E-state index < -0.39 is 6.10 Å². The first-order chi connectivity index (χ1) is 5.81. The predicted molar refractivity (Wildman–Crippen MR) is 50.9 cm³/mol. The number of rotatable bonds is 6. The van der Waals surface area contributed by atoms with Crippen molar-refractivity contribution in [3.05, 3.63) is 24.3 Å². The third-order valence-electron chi connectivity index (χ3n) is 1.46. The van der Waals surface area contributed by atoms with Crippen LogP contribution in [0.4, 0.5) is 0 Å². The van der Waals surface area contributed by atoms with E-state index in [1.807, 2.05) is 12.2 Å². The monoisotopic (exact) mass is 170 g/mol. The molecule has 0 saturated carbocycles. The van der Waals surface area contributed by atoms with Gasteiger partial charge in [0.05, 0.1) is 12.7 Å². The molecule has 2 heteroatoms. The number of aliphatic hydroxyl groups excluding tert-OH is 2. The lowest BCUT2D eigenvalue weighted by Crippen LogP contribution is -2.09. The molecule has 1 atom stereocenters. The van der Waals surface area contributed by atoms with Crippen molar-refractivity contribution < 1.29 is 10.2 Å². The molecule has 2 N–H and O–H groups in total.